The monoisotopic (exact) mass is 400 g/mol. The molecule has 3 N–H and O–H groups in total. The van der Waals surface area contributed by atoms with Crippen LogP contribution in [0.5, 0.6) is 5.75 Å². The molecule has 26 heavy (non-hydrogen) atoms. The second kappa shape index (κ2) is 6.53. The highest BCUT2D eigenvalue weighted by Crippen LogP contribution is 2.44. The number of hydrogen-bond acceptors (Lipinski definition) is 5. The minimum absolute atomic E-state index is 0.0501. The Bertz CT molecular complexity index is 738. The van der Waals surface area contributed by atoms with E-state index < -0.39 is 5.60 Å². The van der Waals surface area contributed by atoms with Gasteiger partial charge in [0.05, 0.1) is 28.8 Å². The van der Waals surface area contributed by atoms with Crippen LogP contribution in [-0.2, 0) is 4.79 Å². The number of phenols is 1. The number of aromatic hydroxyl groups is 1. The van der Waals surface area contributed by atoms with Crippen LogP contribution in [0.1, 0.15) is 30.7 Å². The van der Waals surface area contributed by atoms with Crippen molar-refractivity contribution >= 4 is 29.1 Å². The molecule has 1 saturated carbocycles. The normalized spacial score (nSPS) is 34.7. The van der Waals surface area contributed by atoms with E-state index in [1.807, 2.05) is 4.90 Å². The van der Waals surface area contributed by atoms with Crippen molar-refractivity contribution < 1.29 is 20.1 Å². The number of aliphatic hydroxyl groups is 2. The zero-order chi connectivity index (χ0) is 18.6. The summed E-state index contributed by atoms with van der Waals surface area (Å²) in [6, 6.07) is 3.29. The maximum atomic E-state index is 12.6. The van der Waals surface area contributed by atoms with E-state index in [1.54, 1.807) is 12.1 Å². The standard InChI is InChI=1S/C18H22Cl2N2O4/c19-13-1-2-14(24)16(17(13)20)10-3-11-7-21(8-15(25)22(11)6-10)12-4-18(26,5-12)9-23/h1-2,10-12,23-24,26H,3-9H2/t10-,11-,12?,18?/m0/s1. The summed E-state index contributed by atoms with van der Waals surface area (Å²) in [4.78, 5) is 16.6. The van der Waals surface area contributed by atoms with Crippen molar-refractivity contribution in [1.82, 2.24) is 9.80 Å². The number of aliphatic hydroxyl groups excluding tert-OH is 1. The number of nitrogens with zero attached hydrogens (tertiary/aromatic N) is 2. The molecule has 1 aliphatic carbocycles. The quantitative estimate of drug-likeness (QED) is 0.717. The minimum Gasteiger partial charge on any atom is -0.508 e. The molecule has 2 heterocycles. The molecule has 0 radical (unpaired) electrons. The summed E-state index contributed by atoms with van der Waals surface area (Å²) in [5.41, 5.74) is -0.380. The van der Waals surface area contributed by atoms with Crippen molar-refractivity contribution in [3.8, 4) is 5.75 Å². The zero-order valence-electron chi connectivity index (χ0n) is 14.2. The van der Waals surface area contributed by atoms with Crippen LogP contribution in [-0.4, -0.2) is 75.0 Å². The van der Waals surface area contributed by atoms with Crippen LogP contribution in [0.15, 0.2) is 12.1 Å². The summed E-state index contributed by atoms with van der Waals surface area (Å²) in [6.07, 6.45) is 1.70. The maximum Gasteiger partial charge on any atom is 0.237 e. The third-order valence-corrected chi connectivity index (χ3v) is 6.90. The Hall–Kier alpha value is -1.05. The third kappa shape index (κ3) is 2.98. The molecule has 0 bridgehead atoms. The molecule has 4 rings (SSSR count). The van der Waals surface area contributed by atoms with E-state index >= 15 is 0 Å². The van der Waals surface area contributed by atoms with Gasteiger partial charge >= 0.3 is 0 Å². The van der Waals surface area contributed by atoms with Crippen LogP contribution in [0.25, 0.3) is 0 Å². The number of rotatable bonds is 3. The Balaban J connectivity index is 1.49. The van der Waals surface area contributed by atoms with Crippen LogP contribution >= 0.6 is 23.2 Å². The number of amides is 1. The number of benzene rings is 1. The second-order valence-corrected chi connectivity index (χ2v) is 8.59. The fourth-order valence-electron chi connectivity index (χ4n) is 4.63. The van der Waals surface area contributed by atoms with Crippen LogP contribution in [0, 0.1) is 0 Å². The molecule has 3 fully saturated rings. The van der Waals surface area contributed by atoms with Gasteiger partial charge in [0.2, 0.25) is 5.91 Å². The first-order valence-corrected chi connectivity index (χ1v) is 9.60. The van der Waals surface area contributed by atoms with Gasteiger partial charge in [-0.15, -0.1) is 0 Å². The molecule has 2 atom stereocenters. The van der Waals surface area contributed by atoms with E-state index in [-0.39, 0.29) is 36.3 Å². The largest absolute Gasteiger partial charge is 0.508 e. The smallest absolute Gasteiger partial charge is 0.237 e. The first-order valence-electron chi connectivity index (χ1n) is 8.85. The van der Waals surface area contributed by atoms with Gasteiger partial charge in [-0.05, 0) is 31.4 Å². The van der Waals surface area contributed by atoms with Crippen molar-refractivity contribution in [3.63, 3.8) is 0 Å². The van der Waals surface area contributed by atoms with Crippen LogP contribution < -0.4 is 0 Å². The predicted octanol–water partition coefficient (Wildman–Crippen LogP) is 1.58. The number of carbonyl (C=O) groups excluding carboxylic acids is 1. The highest BCUT2D eigenvalue weighted by Gasteiger charge is 2.49. The fraction of sp³-hybridized carbons (Fsp3) is 0.611. The molecule has 6 nitrogen and oxygen atoms in total. The average Bonchev–Trinajstić information content (AvgIpc) is 3.00. The number of fused-ring (bicyclic) bond motifs is 1. The number of halogens is 2. The lowest BCUT2D eigenvalue weighted by Gasteiger charge is -2.50. The topological polar surface area (TPSA) is 84.2 Å². The Kier molecular flexibility index (Phi) is 4.60. The summed E-state index contributed by atoms with van der Waals surface area (Å²) < 4.78 is 0. The third-order valence-electron chi connectivity index (χ3n) is 6.08. The molecule has 2 aliphatic heterocycles. The average molecular weight is 401 g/mol. The van der Waals surface area contributed by atoms with Crippen LogP contribution in [0.4, 0.5) is 0 Å². The van der Waals surface area contributed by atoms with Gasteiger partial charge in [-0.2, -0.15) is 0 Å². The van der Waals surface area contributed by atoms with Gasteiger partial charge in [0.15, 0.2) is 0 Å². The zero-order valence-corrected chi connectivity index (χ0v) is 15.7. The minimum atomic E-state index is -0.997. The Morgan fingerprint density at radius 1 is 1.19 bits per heavy atom. The first kappa shape index (κ1) is 18.3. The van der Waals surface area contributed by atoms with E-state index in [2.05, 4.69) is 4.90 Å². The maximum absolute atomic E-state index is 12.6. The Morgan fingerprint density at radius 2 is 1.92 bits per heavy atom. The van der Waals surface area contributed by atoms with Gasteiger partial charge in [-0.25, -0.2) is 0 Å². The lowest BCUT2D eigenvalue weighted by Crippen LogP contribution is -2.63. The lowest BCUT2D eigenvalue weighted by atomic mass is 9.75. The van der Waals surface area contributed by atoms with Crippen LogP contribution in [0.2, 0.25) is 10.0 Å². The number of carbonyl (C=O) groups is 1. The highest BCUT2D eigenvalue weighted by atomic mass is 35.5. The van der Waals surface area contributed by atoms with E-state index in [0.29, 0.717) is 48.0 Å². The molecule has 1 amide bonds. The van der Waals surface area contributed by atoms with Gasteiger partial charge in [0, 0.05) is 36.7 Å². The van der Waals surface area contributed by atoms with Crippen LogP contribution in [0.3, 0.4) is 0 Å². The van der Waals surface area contributed by atoms with Crippen molar-refractivity contribution in [2.75, 3.05) is 26.2 Å². The van der Waals surface area contributed by atoms with Crippen molar-refractivity contribution in [2.45, 2.75) is 42.9 Å². The van der Waals surface area contributed by atoms with Gasteiger partial charge in [-0.1, -0.05) is 23.2 Å². The summed E-state index contributed by atoms with van der Waals surface area (Å²) >= 11 is 12.4. The SMILES string of the molecule is O=C1CN(C2CC(O)(CO)C2)C[C@@H]2C[C@H](c3c(O)ccc(Cl)c3Cl)CN12. The molecule has 0 aromatic heterocycles. The molecule has 2 saturated heterocycles. The number of hydrogen-bond donors (Lipinski definition) is 3. The lowest BCUT2D eigenvalue weighted by molar-refractivity contribution is -0.151. The van der Waals surface area contributed by atoms with Gasteiger partial charge < -0.3 is 20.2 Å². The van der Waals surface area contributed by atoms with E-state index in [1.165, 1.54) is 0 Å². The highest BCUT2D eigenvalue weighted by molar-refractivity contribution is 6.42. The first-order chi connectivity index (χ1) is 12.3. The molecular formula is C18H22Cl2N2O4. The molecule has 0 unspecified atom stereocenters. The molecular weight excluding hydrogens is 379 g/mol. The van der Waals surface area contributed by atoms with Gasteiger partial charge in [-0.3, -0.25) is 9.69 Å². The van der Waals surface area contributed by atoms with Crippen molar-refractivity contribution in [3.05, 3.63) is 27.7 Å². The van der Waals surface area contributed by atoms with E-state index in [9.17, 15) is 20.1 Å². The van der Waals surface area contributed by atoms with E-state index in [4.69, 9.17) is 23.2 Å². The Morgan fingerprint density at radius 3 is 2.62 bits per heavy atom. The molecule has 0 spiro atoms. The number of phenolic OH excluding ortho intramolecular Hbond substituents is 1. The van der Waals surface area contributed by atoms with Gasteiger partial charge in [0.25, 0.3) is 0 Å². The Labute approximate surface area is 161 Å². The van der Waals surface area contributed by atoms with Crippen molar-refractivity contribution in [1.29, 1.82) is 0 Å². The molecule has 1 aromatic rings. The molecule has 142 valence electrons. The second-order valence-electron chi connectivity index (χ2n) is 7.80. The molecule has 8 heteroatoms. The van der Waals surface area contributed by atoms with Crippen molar-refractivity contribution in [2.24, 2.45) is 0 Å². The molecule has 3 aliphatic rings. The fourth-order valence-corrected chi connectivity index (χ4v) is 5.11. The predicted molar refractivity (Wildman–Crippen MR) is 97.6 cm³/mol. The summed E-state index contributed by atoms with van der Waals surface area (Å²) in [7, 11) is 0. The van der Waals surface area contributed by atoms with E-state index in [0.717, 1.165) is 6.54 Å². The summed E-state index contributed by atoms with van der Waals surface area (Å²) in [5, 5.41) is 30.2. The number of piperazine rings is 1. The summed E-state index contributed by atoms with van der Waals surface area (Å²) in [6.45, 7) is 1.34. The van der Waals surface area contributed by atoms with Gasteiger partial charge in [0.1, 0.15) is 5.75 Å². The summed E-state index contributed by atoms with van der Waals surface area (Å²) in [5.74, 6) is 0.118. The molecule has 1 aromatic carbocycles.